The molecule has 0 radical (unpaired) electrons. The normalized spacial score (nSPS) is 10.2. The van der Waals surface area contributed by atoms with Gasteiger partial charge < -0.3 is 9.47 Å². The molecule has 11 heavy (non-hydrogen) atoms. The average molecular weight is 160 g/mol. The summed E-state index contributed by atoms with van der Waals surface area (Å²) in [5.41, 5.74) is 0. The van der Waals surface area contributed by atoms with E-state index in [2.05, 4.69) is 0 Å². The maximum absolute atomic E-state index is 10.6. The molecule has 0 aliphatic carbocycles. The number of ether oxygens (including phenoxy) is 2. The van der Waals surface area contributed by atoms with E-state index >= 15 is 0 Å². The van der Waals surface area contributed by atoms with Crippen LogP contribution >= 0.6 is 0 Å². The van der Waals surface area contributed by atoms with E-state index in [-0.39, 0.29) is 12.1 Å². The summed E-state index contributed by atoms with van der Waals surface area (Å²) in [6.07, 6.45) is 0.636. The summed E-state index contributed by atoms with van der Waals surface area (Å²) >= 11 is 0. The highest BCUT2D eigenvalue weighted by Crippen LogP contribution is 1.89. The van der Waals surface area contributed by atoms with Gasteiger partial charge in [0.15, 0.2) is 0 Å². The summed E-state index contributed by atoms with van der Waals surface area (Å²) < 4.78 is 9.94. The van der Waals surface area contributed by atoms with Crippen LogP contribution in [0.4, 0.5) is 0 Å². The van der Waals surface area contributed by atoms with Gasteiger partial charge in [-0.1, -0.05) is 6.92 Å². The number of rotatable bonds is 5. The minimum absolute atomic E-state index is 0.169. The highest BCUT2D eigenvalue weighted by atomic mass is 16.6. The van der Waals surface area contributed by atoms with Gasteiger partial charge in [-0.25, -0.2) is 0 Å². The quantitative estimate of drug-likeness (QED) is 0.450. The molecule has 0 aromatic rings. The SMILES string of the molecule is CCC(=O)OCCOC(C)C. The van der Waals surface area contributed by atoms with Gasteiger partial charge >= 0.3 is 5.97 Å². The van der Waals surface area contributed by atoms with Crippen molar-refractivity contribution >= 4 is 5.97 Å². The third-order valence-electron chi connectivity index (χ3n) is 1.09. The van der Waals surface area contributed by atoms with Gasteiger partial charge in [0.25, 0.3) is 0 Å². The van der Waals surface area contributed by atoms with Crippen LogP contribution < -0.4 is 0 Å². The number of hydrogen-bond donors (Lipinski definition) is 0. The Hall–Kier alpha value is -0.570. The first-order chi connectivity index (χ1) is 5.16. The van der Waals surface area contributed by atoms with E-state index in [1.54, 1.807) is 6.92 Å². The lowest BCUT2D eigenvalue weighted by Crippen LogP contribution is -2.12. The van der Waals surface area contributed by atoms with Crippen LogP contribution in [-0.4, -0.2) is 25.3 Å². The van der Waals surface area contributed by atoms with Gasteiger partial charge in [0.2, 0.25) is 0 Å². The summed E-state index contributed by atoms with van der Waals surface area (Å²) in [6, 6.07) is 0. The lowest BCUT2D eigenvalue weighted by atomic mass is 10.5. The van der Waals surface area contributed by atoms with Crippen LogP contribution in [0.5, 0.6) is 0 Å². The molecule has 0 bridgehead atoms. The number of hydrogen-bond acceptors (Lipinski definition) is 3. The van der Waals surface area contributed by atoms with Gasteiger partial charge in [-0.05, 0) is 13.8 Å². The Morgan fingerprint density at radius 3 is 2.45 bits per heavy atom. The highest BCUT2D eigenvalue weighted by molar-refractivity contribution is 5.68. The molecule has 66 valence electrons. The van der Waals surface area contributed by atoms with Crippen molar-refractivity contribution in [1.29, 1.82) is 0 Å². The lowest BCUT2D eigenvalue weighted by molar-refractivity contribution is -0.145. The van der Waals surface area contributed by atoms with Gasteiger partial charge in [0.05, 0.1) is 12.7 Å². The molecule has 0 aliphatic rings. The Kier molecular flexibility index (Phi) is 5.84. The third-order valence-corrected chi connectivity index (χ3v) is 1.09. The minimum atomic E-state index is -0.169. The largest absolute Gasteiger partial charge is 0.463 e. The van der Waals surface area contributed by atoms with Gasteiger partial charge in [-0.3, -0.25) is 4.79 Å². The lowest BCUT2D eigenvalue weighted by Gasteiger charge is -2.07. The Balaban J connectivity index is 3.08. The molecule has 0 saturated carbocycles. The van der Waals surface area contributed by atoms with Crippen LogP contribution in [-0.2, 0) is 14.3 Å². The zero-order valence-electron chi connectivity index (χ0n) is 7.42. The first kappa shape index (κ1) is 10.4. The topological polar surface area (TPSA) is 35.5 Å². The van der Waals surface area contributed by atoms with Crippen LogP contribution in [0.25, 0.3) is 0 Å². The Morgan fingerprint density at radius 1 is 1.36 bits per heavy atom. The van der Waals surface area contributed by atoms with Crippen LogP contribution in [0, 0.1) is 0 Å². The zero-order chi connectivity index (χ0) is 8.69. The Labute approximate surface area is 67.7 Å². The van der Waals surface area contributed by atoms with Crippen molar-refractivity contribution in [1.82, 2.24) is 0 Å². The van der Waals surface area contributed by atoms with Crippen molar-refractivity contribution < 1.29 is 14.3 Å². The molecule has 0 heterocycles. The maximum atomic E-state index is 10.6. The van der Waals surface area contributed by atoms with Crippen molar-refractivity contribution in [2.75, 3.05) is 13.2 Å². The summed E-state index contributed by atoms with van der Waals surface area (Å²) in [6.45, 7) is 6.52. The van der Waals surface area contributed by atoms with Gasteiger partial charge in [-0.15, -0.1) is 0 Å². The summed E-state index contributed by atoms with van der Waals surface area (Å²) in [5, 5.41) is 0. The number of carbonyl (C=O) groups is 1. The molecular formula is C8H16O3. The average Bonchev–Trinajstić information content (AvgIpc) is 1.97. The molecule has 0 rings (SSSR count). The smallest absolute Gasteiger partial charge is 0.305 e. The fraction of sp³-hybridized carbons (Fsp3) is 0.875. The molecule has 3 nitrogen and oxygen atoms in total. The fourth-order valence-corrected chi connectivity index (χ4v) is 0.541. The number of carbonyl (C=O) groups excluding carboxylic acids is 1. The molecular weight excluding hydrogens is 144 g/mol. The second-order valence-electron chi connectivity index (χ2n) is 2.49. The molecule has 0 aliphatic heterocycles. The molecule has 0 aromatic carbocycles. The molecule has 0 fully saturated rings. The van der Waals surface area contributed by atoms with E-state index in [9.17, 15) is 4.79 Å². The van der Waals surface area contributed by atoms with Crippen LogP contribution in [0.2, 0.25) is 0 Å². The first-order valence-electron chi connectivity index (χ1n) is 3.94. The van der Waals surface area contributed by atoms with Gasteiger partial charge in [0, 0.05) is 6.42 Å². The highest BCUT2D eigenvalue weighted by Gasteiger charge is 1.97. The van der Waals surface area contributed by atoms with Crippen molar-refractivity contribution in [3.63, 3.8) is 0 Å². The second-order valence-corrected chi connectivity index (χ2v) is 2.49. The summed E-state index contributed by atoms with van der Waals surface area (Å²) in [7, 11) is 0. The van der Waals surface area contributed by atoms with Crippen molar-refractivity contribution in [3.05, 3.63) is 0 Å². The van der Waals surface area contributed by atoms with Gasteiger partial charge in [-0.2, -0.15) is 0 Å². The summed E-state index contributed by atoms with van der Waals surface area (Å²) in [4.78, 5) is 10.6. The maximum Gasteiger partial charge on any atom is 0.305 e. The van der Waals surface area contributed by atoms with Crippen molar-refractivity contribution in [2.45, 2.75) is 33.3 Å². The monoisotopic (exact) mass is 160 g/mol. The molecule has 0 aromatic heterocycles. The Morgan fingerprint density at radius 2 is 2.00 bits per heavy atom. The van der Waals surface area contributed by atoms with Crippen LogP contribution in [0.3, 0.4) is 0 Å². The van der Waals surface area contributed by atoms with E-state index < -0.39 is 0 Å². The Bertz CT molecular complexity index is 110. The summed E-state index contributed by atoms with van der Waals surface area (Å²) in [5.74, 6) is -0.169. The molecule has 0 saturated heterocycles. The molecule has 3 heteroatoms. The van der Waals surface area contributed by atoms with Gasteiger partial charge in [0.1, 0.15) is 6.61 Å². The van der Waals surface area contributed by atoms with E-state index in [1.807, 2.05) is 13.8 Å². The van der Waals surface area contributed by atoms with E-state index in [0.29, 0.717) is 19.6 Å². The first-order valence-corrected chi connectivity index (χ1v) is 3.94. The van der Waals surface area contributed by atoms with Crippen molar-refractivity contribution in [3.8, 4) is 0 Å². The van der Waals surface area contributed by atoms with Crippen LogP contribution in [0.1, 0.15) is 27.2 Å². The predicted octanol–water partition coefficient (Wildman–Crippen LogP) is 1.36. The van der Waals surface area contributed by atoms with Crippen molar-refractivity contribution in [2.24, 2.45) is 0 Å². The zero-order valence-corrected chi connectivity index (χ0v) is 7.42. The van der Waals surface area contributed by atoms with E-state index in [0.717, 1.165) is 0 Å². The molecule has 0 atom stereocenters. The third kappa shape index (κ3) is 7.33. The molecule has 0 spiro atoms. The van der Waals surface area contributed by atoms with E-state index in [4.69, 9.17) is 9.47 Å². The second kappa shape index (κ2) is 6.16. The van der Waals surface area contributed by atoms with E-state index in [1.165, 1.54) is 0 Å². The fourth-order valence-electron chi connectivity index (χ4n) is 0.541. The molecule has 0 N–H and O–H groups in total. The molecule has 0 amide bonds. The number of esters is 1. The van der Waals surface area contributed by atoms with Crippen LogP contribution in [0.15, 0.2) is 0 Å². The predicted molar refractivity (Wildman–Crippen MR) is 42.3 cm³/mol. The minimum Gasteiger partial charge on any atom is -0.463 e. The standard InChI is InChI=1S/C8H16O3/c1-4-8(9)11-6-5-10-7(2)3/h7H,4-6H2,1-3H3. The molecule has 0 unspecified atom stereocenters.